The largest absolute Gasteiger partial charge is 0.490 e. The highest BCUT2D eigenvalue weighted by Crippen LogP contribution is 2.16. The smallest absolute Gasteiger partial charge is 0.307 e. The molecule has 1 aromatic carbocycles. The van der Waals surface area contributed by atoms with Crippen LogP contribution in [0.4, 0.5) is 0 Å². The minimum Gasteiger partial charge on any atom is -0.490 e. The summed E-state index contributed by atoms with van der Waals surface area (Å²) in [5.74, 6) is 0.0556. The van der Waals surface area contributed by atoms with Gasteiger partial charge in [0.15, 0.2) is 0 Å². The number of halogens is 1. The molecule has 1 N–H and O–H groups in total. The first-order chi connectivity index (χ1) is 11.1. The van der Waals surface area contributed by atoms with Crippen LogP contribution in [0.1, 0.15) is 16.1 Å². The second-order valence-electron chi connectivity index (χ2n) is 4.51. The van der Waals surface area contributed by atoms with Crippen molar-refractivity contribution in [2.75, 3.05) is 19.8 Å². The monoisotopic (exact) mass is 353 g/mol. The van der Waals surface area contributed by atoms with E-state index < -0.39 is 0 Å². The second kappa shape index (κ2) is 9.17. The van der Waals surface area contributed by atoms with Crippen molar-refractivity contribution in [3.63, 3.8) is 0 Å². The molecular weight excluding hydrogens is 338 g/mol. The van der Waals surface area contributed by atoms with Gasteiger partial charge in [-0.2, -0.15) is 0 Å². The van der Waals surface area contributed by atoms with Crippen LogP contribution in [0.25, 0.3) is 0 Å². The van der Waals surface area contributed by atoms with Gasteiger partial charge in [0.25, 0.3) is 5.91 Å². The number of benzene rings is 1. The average Bonchev–Trinajstić information content (AvgIpc) is 3.06. The molecule has 1 amide bonds. The Kier molecular flexibility index (Phi) is 6.90. The summed E-state index contributed by atoms with van der Waals surface area (Å²) >= 11 is 7.18. The van der Waals surface area contributed by atoms with Crippen LogP contribution in [-0.2, 0) is 9.53 Å². The number of hydrogen-bond donors (Lipinski definition) is 1. The maximum absolute atomic E-state index is 11.6. The van der Waals surface area contributed by atoms with E-state index in [0.717, 1.165) is 0 Å². The first-order valence-corrected chi connectivity index (χ1v) is 8.26. The van der Waals surface area contributed by atoms with Crippen molar-refractivity contribution in [1.82, 2.24) is 5.32 Å². The summed E-state index contributed by atoms with van der Waals surface area (Å²) in [5.41, 5.74) is 0. The molecule has 5 nitrogen and oxygen atoms in total. The lowest BCUT2D eigenvalue weighted by Gasteiger charge is -2.08. The molecule has 0 spiro atoms. The summed E-state index contributed by atoms with van der Waals surface area (Å²) in [6, 6.07) is 10.5. The highest BCUT2D eigenvalue weighted by molar-refractivity contribution is 7.12. The summed E-state index contributed by atoms with van der Waals surface area (Å²) < 4.78 is 10.4. The minimum atomic E-state index is -0.383. The van der Waals surface area contributed by atoms with Crippen LogP contribution in [0, 0.1) is 0 Å². The number of rotatable bonds is 8. The number of nitrogens with one attached hydrogen (secondary N) is 1. The molecule has 0 saturated heterocycles. The van der Waals surface area contributed by atoms with E-state index in [1.807, 2.05) is 5.38 Å². The molecule has 0 atom stereocenters. The van der Waals surface area contributed by atoms with E-state index in [4.69, 9.17) is 21.1 Å². The first-order valence-electron chi connectivity index (χ1n) is 7.01. The lowest BCUT2D eigenvalue weighted by atomic mass is 10.3. The van der Waals surface area contributed by atoms with Crippen LogP contribution in [0.2, 0.25) is 5.02 Å². The third-order valence-corrected chi connectivity index (χ3v) is 3.87. The van der Waals surface area contributed by atoms with Crippen LogP contribution >= 0.6 is 22.9 Å². The highest BCUT2D eigenvalue weighted by Gasteiger charge is 2.08. The van der Waals surface area contributed by atoms with Crippen LogP contribution < -0.4 is 10.1 Å². The zero-order valence-electron chi connectivity index (χ0n) is 12.3. The van der Waals surface area contributed by atoms with E-state index in [9.17, 15) is 9.59 Å². The summed E-state index contributed by atoms with van der Waals surface area (Å²) in [4.78, 5) is 23.8. The Morgan fingerprint density at radius 3 is 2.78 bits per heavy atom. The first kappa shape index (κ1) is 17.3. The van der Waals surface area contributed by atoms with Crippen LogP contribution in [0.15, 0.2) is 41.8 Å². The molecule has 2 rings (SSSR count). The van der Waals surface area contributed by atoms with Gasteiger partial charge in [0, 0.05) is 11.6 Å². The van der Waals surface area contributed by atoms with E-state index in [2.05, 4.69) is 5.32 Å². The fourth-order valence-electron chi connectivity index (χ4n) is 1.72. The fraction of sp³-hybridized carbons (Fsp3) is 0.250. The number of hydrogen-bond acceptors (Lipinski definition) is 5. The molecule has 0 fully saturated rings. The van der Waals surface area contributed by atoms with Gasteiger partial charge in [-0.05, 0) is 29.6 Å². The Morgan fingerprint density at radius 2 is 2.04 bits per heavy atom. The maximum atomic E-state index is 11.6. The predicted molar refractivity (Wildman–Crippen MR) is 89.2 cm³/mol. The minimum absolute atomic E-state index is 0.119. The van der Waals surface area contributed by atoms with Gasteiger partial charge in [-0.3, -0.25) is 9.59 Å². The van der Waals surface area contributed by atoms with Crippen molar-refractivity contribution in [3.05, 3.63) is 51.7 Å². The summed E-state index contributed by atoms with van der Waals surface area (Å²) in [6.07, 6.45) is 0.119. The molecule has 1 heterocycles. The molecule has 2 aromatic rings. The van der Waals surface area contributed by atoms with Gasteiger partial charge < -0.3 is 14.8 Å². The SMILES string of the molecule is O=C(CCNC(=O)c1cccs1)OCCOc1cccc(Cl)c1. The number of ether oxygens (including phenoxy) is 2. The molecule has 7 heteroatoms. The third kappa shape index (κ3) is 6.30. The molecule has 0 radical (unpaired) electrons. The molecule has 0 aliphatic carbocycles. The number of carbonyl (C=O) groups excluding carboxylic acids is 2. The Morgan fingerprint density at radius 1 is 1.17 bits per heavy atom. The van der Waals surface area contributed by atoms with Crippen molar-refractivity contribution < 1.29 is 19.1 Å². The number of amides is 1. The molecule has 1 aromatic heterocycles. The molecular formula is C16H16ClNO4S. The van der Waals surface area contributed by atoms with E-state index in [0.29, 0.717) is 15.6 Å². The molecule has 0 aliphatic heterocycles. The van der Waals surface area contributed by atoms with Gasteiger partial charge in [-0.15, -0.1) is 11.3 Å². The summed E-state index contributed by atoms with van der Waals surface area (Å²) in [5, 5.41) is 5.07. The topological polar surface area (TPSA) is 64.6 Å². The molecule has 0 unspecified atom stereocenters. The van der Waals surface area contributed by atoms with Crippen molar-refractivity contribution in [3.8, 4) is 5.75 Å². The van der Waals surface area contributed by atoms with Crippen molar-refractivity contribution in [2.45, 2.75) is 6.42 Å². The second-order valence-corrected chi connectivity index (χ2v) is 5.89. The standard InChI is InChI=1S/C16H16ClNO4S/c17-12-3-1-4-13(11-12)21-8-9-22-15(19)6-7-18-16(20)14-5-2-10-23-14/h1-5,10-11H,6-9H2,(H,18,20). The van der Waals surface area contributed by atoms with Gasteiger partial charge in [0.05, 0.1) is 11.3 Å². The van der Waals surface area contributed by atoms with Gasteiger partial charge in [-0.1, -0.05) is 23.7 Å². The lowest BCUT2D eigenvalue weighted by molar-refractivity contribution is -0.144. The zero-order chi connectivity index (χ0) is 16.5. The molecule has 0 aliphatic rings. The van der Waals surface area contributed by atoms with Crippen molar-refractivity contribution in [1.29, 1.82) is 0 Å². The Bertz CT molecular complexity index is 645. The molecule has 0 saturated carbocycles. The van der Waals surface area contributed by atoms with E-state index in [1.165, 1.54) is 11.3 Å². The fourth-order valence-corrected chi connectivity index (χ4v) is 2.54. The van der Waals surface area contributed by atoms with E-state index >= 15 is 0 Å². The summed E-state index contributed by atoms with van der Waals surface area (Å²) in [6.45, 7) is 0.628. The Balaban J connectivity index is 1.56. The average molecular weight is 354 g/mol. The number of esters is 1. The molecule has 23 heavy (non-hydrogen) atoms. The van der Waals surface area contributed by atoms with Crippen molar-refractivity contribution >= 4 is 34.8 Å². The third-order valence-electron chi connectivity index (χ3n) is 2.77. The zero-order valence-corrected chi connectivity index (χ0v) is 13.9. The van der Waals surface area contributed by atoms with Crippen LogP contribution in [-0.4, -0.2) is 31.6 Å². The quantitative estimate of drug-likeness (QED) is 0.585. The Labute approximate surface area is 143 Å². The van der Waals surface area contributed by atoms with Gasteiger partial charge in [-0.25, -0.2) is 0 Å². The molecule has 0 bridgehead atoms. The number of carbonyl (C=O) groups is 2. The van der Waals surface area contributed by atoms with Gasteiger partial charge >= 0.3 is 5.97 Å². The Hall–Kier alpha value is -2.05. The van der Waals surface area contributed by atoms with Crippen molar-refractivity contribution in [2.24, 2.45) is 0 Å². The van der Waals surface area contributed by atoms with Gasteiger partial charge in [0.2, 0.25) is 0 Å². The highest BCUT2D eigenvalue weighted by atomic mass is 35.5. The molecule has 122 valence electrons. The van der Waals surface area contributed by atoms with E-state index in [-0.39, 0.29) is 38.1 Å². The van der Waals surface area contributed by atoms with Gasteiger partial charge in [0.1, 0.15) is 19.0 Å². The van der Waals surface area contributed by atoms with E-state index in [1.54, 1.807) is 36.4 Å². The predicted octanol–water partition coefficient (Wildman–Crippen LogP) is 3.14. The lowest BCUT2D eigenvalue weighted by Crippen LogP contribution is -2.26. The van der Waals surface area contributed by atoms with Crippen LogP contribution in [0.3, 0.4) is 0 Å². The summed E-state index contributed by atoms with van der Waals surface area (Å²) in [7, 11) is 0. The van der Waals surface area contributed by atoms with Crippen LogP contribution in [0.5, 0.6) is 5.75 Å². The number of thiophene rings is 1. The normalized spacial score (nSPS) is 10.1. The maximum Gasteiger partial charge on any atom is 0.307 e.